The van der Waals surface area contributed by atoms with Crippen LogP contribution in [0.1, 0.15) is 32.3 Å². The van der Waals surface area contributed by atoms with Crippen molar-refractivity contribution in [2.24, 2.45) is 0 Å². The Hall–Kier alpha value is -3.59. The molecule has 2 amide bonds. The molecule has 0 aromatic heterocycles. The predicted octanol–water partition coefficient (Wildman–Crippen LogP) is 3.95. The van der Waals surface area contributed by atoms with Gasteiger partial charge in [0.1, 0.15) is 18.3 Å². The third kappa shape index (κ3) is 7.01. The molecule has 0 aliphatic carbocycles. The molecule has 0 fully saturated rings. The summed E-state index contributed by atoms with van der Waals surface area (Å²) >= 11 is 0. The SMILES string of the molecule is CCCNC(=O)[C@@H](CC)N(Cc1cccc(OC)c1)C(=O)CN(c1cccc2ccccc12)S(C)(=O)=O. The zero-order valence-corrected chi connectivity index (χ0v) is 22.6. The van der Waals surface area contributed by atoms with Crippen molar-refractivity contribution in [3.8, 4) is 5.75 Å². The minimum absolute atomic E-state index is 0.126. The molecule has 1 N–H and O–H groups in total. The van der Waals surface area contributed by atoms with Crippen LogP contribution in [0.5, 0.6) is 5.75 Å². The number of hydrogen-bond acceptors (Lipinski definition) is 5. The lowest BCUT2D eigenvalue weighted by atomic mass is 10.1. The van der Waals surface area contributed by atoms with Gasteiger partial charge in [-0.1, -0.05) is 62.4 Å². The van der Waals surface area contributed by atoms with Crippen LogP contribution in [0.2, 0.25) is 0 Å². The highest BCUT2D eigenvalue weighted by Gasteiger charge is 2.32. The van der Waals surface area contributed by atoms with Gasteiger partial charge in [-0.25, -0.2) is 8.42 Å². The number of fused-ring (bicyclic) bond motifs is 1. The van der Waals surface area contributed by atoms with Crippen LogP contribution in [-0.4, -0.2) is 57.6 Å². The van der Waals surface area contributed by atoms with Gasteiger partial charge in [0.15, 0.2) is 0 Å². The number of methoxy groups -OCH3 is 1. The van der Waals surface area contributed by atoms with Gasteiger partial charge in [-0.05, 0) is 42.0 Å². The number of nitrogens with zero attached hydrogens (tertiary/aromatic N) is 2. The predicted molar refractivity (Wildman–Crippen MR) is 147 cm³/mol. The van der Waals surface area contributed by atoms with Gasteiger partial charge in [-0.15, -0.1) is 0 Å². The summed E-state index contributed by atoms with van der Waals surface area (Å²) in [5, 5.41) is 4.46. The maximum absolute atomic E-state index is 13.9. The number of sulfonamides is 1. The molecule has 0 unspecified atom stereocenters. The van der Waals surface area contributed by atoms with E-state index in [0.29, 0.717) is 24.4 Å². The fourth-order valence-corrected chi connectivity index (χ4v) is 5.14. The largest absolute Gasteiger partial charge is 0.497 e. The van der Waals surface area contributed by atoms with E-state index in [0.717, 1.165) is 33.3 Å². The molecule has 8 nitrogen and oxygen atoms in total. The Morgan fingerprint density at radius 2 is 1.70 bits per heavy atom. The maximum Gasteiger partial charge on any atom is 0.244 e. The van der Waals surface area contributed by atoms with Crippen LogP contribution in [0, 0.1) is 0 Å². The van der Waals surface area contributed by atoms with E-state index in [2.05, 4.69) is 5.32 Å². The molecule has 3 rings (SSSR count). The van der Waals surface area contributed by atoms with Crippen molar-refractivity contribution >= 4 is 38.3 Å². The number of amides is 2. The molecule has 37 heavy (non-hydrogen) atoms. The number of benzene rings is 3. The fourth-order valence-electron chi connectivity index (χ4n) is 4.27. The van der Waals surface area contributed by atoms with Crippen molar-refractivity contribution in [1.82, 2.24) is 10.2 Å². The van der Waals surface area contributed by atoms with Crippen molar-refractivity contribution in [3.05, 3.63) is 72.3 Å². The number of nitrogens with one attached hydrogen (secondary N) is 1. The van der Waals surface area contributed by atoms with Crippen molar-refractivity contribution in [2.45, 2.75) is 39.3 Å². The van der Waals surface area contributed by atoms with Gasteiger partial charge in [-0.2, -0.15) is 0 Å². The topological polar surface area (TPSA) is 96.0 Å². The highest BCUT2D eigenvalue weighted by atomic mass is 32.2. The third-order valence-corrected chi connectivity index (χ3v) is 7.26. The first kappa shape index (κ1) is 28.0. The first-order valence-corrected chi connectivity index (χ1v) is 14.2. The summed E-state index contributed by atoms with van der Waals surface area (Å²) in [4.78, 5) is 28.4. The van der Waals surface area contributed by atoms with Crippen LogP contribution in [0.4, 0.5) is 5.69 Å². The molecular weight excluding hydrogens is 490 g/mol. The molecule has 0 saturated carbocycles. The first-order chi connectivity index (χ1) is 17.7. The summed E-state index contributed by atoms with van der Waals surface area (Å²) in [7, 11) is -2.26. The summed E-state index contributed by atoms with van der Waals surface area (Å²) in [6.45, 7) is 3.97. The molecule has 1 atom stereocenters. The van der Waals surface area contributed by atoms with E-state index >= 15 is 0 Å². The molecule has 0 aliphatic heterocycles. The minimum Gasteiger partial charge on any atom is -0.497 e. The van der Waals surface area contributed by atoms with E-state index in [1.807, 2.05) is 56.3 Å². The molecule has 3 aromatic carbocycles. The number of carbonyl (C=O) groups excluding carboxylic acids is 2. The van der Waals surface area contributed by atoms with Gasteiger partial charge in [0.25, 0.3) is 0 Å². The third-order valence-electron chi connectivity index (χ3n) is 6.14. The Bertz CT molecular complexity index is 1340. The van der Waals surface area contributed by atoms with E-state index in [-0.39, 0.29) is 12.5 Å². The Balaban J connectivity index is 2.02. The number of ether oxygens (including phenoxy) is 1. The molecule has 0 heterocycles. The Labute approximate surface area is 219 Å². The number of hydrogen-bond donors (Lipinski definition) is 1. The Kier molecular flexibility index (Phi) is 9.52. The second kappa shape index (κ2) is 12.6. The molecule has 0 bridgehead atoms. The molecular formula is C28H35N3O5S. The number of anilines is 1. The summed E-state index contributed by atoms with van der Waals surface area (Å²) < 4.78 is 32.3. The van der Waals surface area contributed by atoms with Crippen LogP contribution < -0.4 is 14.4 Å². The Morgan fingerprint density at radius 1 is 1.00 bits per heavy atom. The molecule has 9 heteroatoms. The lowest BCUT2D eigenvalue weighted by molar-refractivity contribution is -0.140. The standard InChI is InChI=1S/C28H35N3O5S/c1-5-17-29-28(33)25(6-2)30(19-21-11-9-14-23(18-21)36-3)27(32)20-31(37(4,34)35)26-16-10-13-22-12-7-8-15-24(22)26/h7-16,18,25H,5-6,17,19-20H2,1-4H3,(H,29,33)/t25-/m1/s1. The van der Waals surface area contributed by atoms with Crippen LogP contribution >= 0.6 is 0 Å². The molecule has 0 aliphatic rings. The van der Waals surface area contributed by atoms with Crippen LogP contribution in [0.15, 0.2) is 66.7 Å². The minimum atomic E-state index is -3.82. The van der Waals surface area contributed by atoms with Crippen LogP contribution in [0.25, 0.3) is 10.8 Å². The lowest BCUT2D eigenvalue weighted by Gasteiger charge is -2.33. The van der Waals surface area contributed by atoms with Gasteiger partial charge in [0, 0.05) is 18.5 Å². The van der Waals surface area contributed by atoms with Crippen LogP contribution in [0.3, 0.4) is 0 Å². The van der Waals surface area contributed by atoms with E-state index < -0.39 is 28.5 Å². The number of rotatable bonds is 12. The van der Waals surface area contributed by atoms with Crippen LogP contribution in [-0.2, 0) is 26.2 Å². The van der Waals surface area contributed by atoms with Gasteiger partial charge >= 0.3 is 0 Å². The second-order valence-corrected chi connectivity index (χ2v) is 10.8. The quantitative estimate of drug-likeness (QED) is 0.386. The molecule has 198 valence electrons. The molecule has 0 saturated heterocycles. The normalized spacial score (nSPS) is 12.1. The zero-order chi connectivity index (χ0) is 27.0. The van der Waals surface area contributed by atoms with Gasteiger partial charge < -0.3 is 15.0 Å². The van der Waals surface area contributed by atoms with E-state index in [9.17, 15) is 18.0 Å². The smallest absolute Gasteiger partial charge is 0.244 e. The molecule has 3 aromatic rings. The zero-order valence-electron chi connectivity index (χ0n) is 21.8. The highest BCUT2D eigenvalue weighted by Crippen LogP contribution is 2.29. The Morgan fingerprint density at radius 3 is 2.38 bits per heavy atom. The molecule has 0 radical (unpaired) electrons. The van der Waals surface area contributed by atoms with E-state index in [4.69, 9.17) is 4.74 Å². The summed E-state index contributed by atoms with van der Waals surface area (Å²) in [5.41, 5.74) is 1.18. The monoisotopic (exact) mass is 525 g/mol. The first-order valence-electron chi connectivity index (χ1n) is 12.3. The average Bonchev–Trinajstić information content (AvgIpc) is 2.89. The summed E-state index contributed by atoms with van der Waals surface area (Å²) in [5.74, 6) is -0.113. The average molecular weight is 526 g/mol. The van der Waals surface area contributed by atoms with Crippen molar-refractivity contribution in [1.29, 1.82) is 0 Å². The highest BCUT2D eigenvalue weighted by molar-refractivity contribution is 7.92. The second-order valence-electron chi connectivity index (χ2n) is 8.86. The fraction of sp³-hybridized carbons (Fsp3) is 0.357. The van der Waals surface area contributed by atoms with E-state index in [1.54, 1.807) is 31.4 Å². The molecule has 0 spiro atoms. The lowest BCUT2D eigenvalue weighted by Crippen LogP contribution is -2.52. The summed E-state index contributed by atoms with van der Waals surface area (Å²) in [6, 6.07) is 19.3. The number of carbonyl (C=O) groups is 2. The van der Waals surface area contributed by atoms with Crippen molar-refractivity contribution in [2.75, 3.05) is 30.8 Å². The summed E-state index contributed by atoms with van der Waals surface area (Å²) in [6.07, 6.45) is 2.22. The van der Waals surface area contributed by atoms with Gasteiger partial charge in [-0.3, -0.25) is 13.9 Å². The van der Waals surface area contributed by atoms with Crippen molar-refractivity contribution in [3.63, 3.8) is 0 Å². The van der Waals surface area contributed by atoms with E-state index in [1.165, 1.54) is 4.90 Å². The van der Waals surface area contributed by atoms with Crippen molar-refractivity contribution < 1.29 is 22.7 Å². The maximum atomic E-state index is 13.9. The van der Waals surface area contributed by atoms with Gasteiger partial charge in [0.05, 0.1) is 19.1 Å². The van der Waals surface area contributed by atoms with Gasteiger partial charge in [0.2, 0.25) is 21.8 Å².